The van der Waals surface area contributed by atoms with E-state index in [9.17, 15) is 27.6 Å². The van der Waals surface area contributed by atoms with Gasteiger partial charge in [0.05, 0.1) is 12.1 Å². The van der Waals surface area contributed by atoms with Gasteiger partial charge in [0, 0.05) is 18.8 Å². The van der Waals surface area contributed by atoms with Crippen molar-refractivity contribution in [3.05, 3.63) is 65.5 Å². The molecular weight excluding hydrogens is 365 g/mol. The Kier molecular flexibility index (Phi) is 6.53. The number of likely N-dealkylation sites (N-methyl/N-ethyl adjacent to an activating group) is 1. The summed E-state index contributed by atoms with van der Waals surface area (Å²) in [6.07, 6.45) is 0. The summed E-state index contributed by atoms with van der Waals surface area (Å²) in [7, 11) is 1.31. The van der Waals surface area contributed by atoms with Crippen LogP contribution in [0.25, 0.3) is 0 Å². The number of halogens is 3. The summed E-state index contributed by atoms with van der Waals surface area (Å²) in [4.78, 5) is 36.5. The lowest BCUT2D eigenvalue weighted by Crippen LogP contribution is -2.37. The number of esters is 1. The minimum atomic E-state index is -1.08. The van der Waals surface area contributed by atoms with Gasteiger partial charge in [-0.25, -0.2) is 18.0 Å². The fourth-order valence-corrected chi connectivity index (χ4v) is 2.03. The van der Waals surface area contributed by atoms with Crippen LogP contribution in [0.5, 0.6) is 0 Å². The standard InChI is InChI=1S/C18H15F3N2O4/c1-23(9-16(24)22-15-4-2-12(19)3-5-15)17(25)10-27-18(26)11-6-13(20)8-14(21)7-11/h2-8H,9-10H2,1H3,(H,22,24). The SMILES string of the molecule is CN(CC(=O)Nc1ccc(F)cc1)C(=O)COC(=O)c1cc(F)cc(F)c1. The molecule has 0 fully saturated rings. The maximum absolute atomic E-state index is 13.1. The van der Waals surface area contributed by atoms with Crippen molar-refractivity contribution in [3.63, 3.8) is 0 Å². The molecule has 0 aliphatic rings. The van der Waals surface area contributed by atoms with E-state index in [1.807, 2.05) is 0 Å². The lowest BCUT2D eigenvalue weighted by Gasteiger charge is -2.16. The number of carbonyl (C=O) groups excluding carboxylic acids is 3. The summed E-state index contributed by atoms with van der Waals surface area (Å²) in [6.45, 7) is -1.06. The molecule has 0 aliphatic heterocycles. The summed E-state index contributed by atoms with van der Waals surface area (Å²) in [5, 5.41) is 2.47. The highest BCUT2D eigenvalue weighted by atomic mass is 19.1. The van der Waals surface area contributed by atoms with E-state index in [0.717, 1.165) is 17.0 Å². The second kappa shape index (κ2) is 8.84. The number of benzene rings is 2. The normalized spacial score (nSPS) is 10.2. The van der Waals surface area contributed by atoms with Gasteiger partial charge in [-0.15, -0.1) is 0 Å². The second-order valence-corrected chi connectivity index (χ2v) is 5.54. The Hall–Kier alpha value is -3.36. The third-order valence-electron chi connectivity index (χ3n) is 3.36. The highest BCUT2D eigenvalue weighted by molar-refractivity contribution is 5.95. The van der Waals surface area contributed by atoms with Crippen LogP contribution in [0.15, 0.2) is 42.5 Å². The third-order valence-corrected chi connectivity index (χ3v) is 3.36. The number of rotatable bonds is 6. The number of hydrogen-bond donors (Lipinski definition) is 1. The van der Waals surface area contributed by atoms with E-state index in [-0.39, 0.29) is 12.1 Å². The number of anilines is 1. The lowest BCUT2D eigenvalue weighted by molar-refractivity contribution is -0.136. The van der Waals surface area contributed by atoms with Gasteiger partial charge in [0.1, 0.15) is 17.5 Å². The molecule has 0 heterocycles. The Morgan fingerprint density at radius 3 is 2.15 bits per heavy atom. The summed E-state index contributed by atoms with van der Waals surface area (Å²) in [5.41, 5.74) is -0.0289. The van der Waals surface area contributed by atoms with Crippen LogP contribution in [0, 0.1) is 17.5 Å². The second-order valence-electron chi connectivity index (χ2n) is 5.54. The van der Waals surface area contributed by atoms with Crippen LogP contribution in [0.2, 0.25) is 0 Å². The average Bonchev–Trinajstić information content (AvgIpc) is 2.60. The number of hydrogen-bond acceptors (Lipinski definition) is 4. The summed E-state index contributed by atoms with van der Waals surface area (Å²) >= 11 is 0. The Balaban J connectivity index is 1.83. The zero-order valence-corrected chi connectivity index (χ0v) is 14.2. The van der Waals surface area contributed by atoms with Crippen molar-refractivity contribution in [1.29, 1.82) is 0 Å². The lowest BCUT2D eigenvalue weighted by atomic mass is 10.2. The first-order valence-corrected chi connectivity index (χ1v) is 7.67. The molecule has 1 N–H and O–H groups in total. The highest BCUT2D eigenvalue weighted by Crippen LogP contribution is 2.10. The fourth-order valence-electron chi connectivity index (χ4n) is 2.03. The molecule has 142 valence electrons. The molecule has 0 bridgehead atoms. The van der Waals surface area contributed by atoms with Gasteiger partial charge < -0.3 is 15.0 Å². The Morgan fingerprint density at radius 2 is 1.56 bits per heavy atom. The molecule has 2 aromatic rings. The highest BCUT2D eigenvalue weighted by Gasteiger charge is 2.17. The molecule has 0 aliphatic carbocycles. The molecule has 0 atom stereocenters. The Labute approximate surface area is 152 Å². The summed E-state index contributed by atoms with van der Waals surface area (Å²) in [6, 6.07) is 7.18. The molecule has 2 rings (SSSR count). The molecule has 9 heteroatoms. The zero-order valence-electron chi connectivity index (χ0n) is 14.2. The van der Waals surface area contributed by atoms with E-state index in [1.165, 1.54) is 31.3 Å². The van der Waals surface area contributed by atoms with E-state index in [0.29, 0.717) is 11.8 Å². The van der Waals surface area contributed by atoms with Crippen LogP contribution in [-0.4, -0.2) is 42.9 Å². The van der Waals surface area contributed by atoms with Gasteiger partial charge in [0.2, 0.25) is 5.91 Å². The Morgan fingerprint density at radius 1 is 0.963 bits per heavy atom. The first-order chi connectivity index (χ1) is 12.7. The quantitative estimate of drug-likeness (QED) is 0.781. The zero-order chi connectivity index (χ0) is 20.0. The maximum Gasteiger partial charge on any atom is 0.338 e. The van der Waals surface area contributed by atoms with E-state index < -0.39 is 41.8 Å². The van der Waals surface area contributed by atoms with Gasteiger partial charge in [-0.2, -0.15) is 0 Å². The molecular formula is C18H15F3N2O4. The number of carbonyl (C=O) groups is 3. The van der Waals surface area contributed by atoms with Crippen molar-refractivity contribution in [2.24, 2.45) is 0 Å². The van der Waals surface area contributed by atoms with Gasteiger partial charge in [-0.05, 0) is 36.4 Å². The van der Waals surface area contributed by atoms with Gasteiger partial charge in [-0.1, -0.05) is 0 Å². The smallest absolute Gasteiger partial charge is 0.338 e. The van der Waals surface area contributed by atoms with Crippen LogP contribution in [0.3, 0.4) is 0 Å². The van der Waals surface area contributed by atoms with Gasteiger partial charge >= 0.3 is 5.97 Å². The number of ether oxygens (including phenoxy) is 1. The fraction of sp³-hybridized carbons (Fsp3) is 0.167. The molecule has 0 saturated heterocycles. The molecule has 0 spiro atoms. The monoisotopic (exact) mass is 380 g/mol. The molecule has 0 unspecified atom stereocenters. The first-order valence-electron chi connectivity index (χ1n) is 7.67. The average molecular weight is 380 g/mol. The van der Waals surface area contributed by atoms with Crippen molar-refractivity contribution in [1.82, 2.24) is 4.90 Å². The maximum atomic E-state index is 13.1. The van der Waals surface area contributed by atoms with Crippen molar-refractivity contribution < 1.29 is 32.3 Å². The number of nitrogens with zero attached hydrogens (tertiary/aromatic N) is 1. The Bertz CT molecular complexity index is 836. The minimum absolute atomic E-state index is 0.345. The van der Waals surface area contributed by atoms with Crippen LogP contribution in [0.1, 0.15) is 10.4 Å². The van der Waals surface area contributed by atoms with E-state index in [1.54, 1.807) is 0 Å². The molecule has 2 aromatic carbocycles. The summed E-state index contributed by atoms with van der Waals surface area (Å²) < 4.78 is 43.6. The van der Waals surface area contributed by atoms with Gasteiger partial charge in [-0.3, -0.25) is 9.59 Å². The molecule has 6 nitrogen and oxygen atoms in total. The molecule has 2 amide bonds. The first kappa shape index (κ1) is 20.0. The topological polar surface area (TPSA) is 75.7 Å². The van der Waals surface area contributed by atoms with Crippen LogP contribution in [-0.2, 0) is 14.3 Å². The molecule has 0 aromatic heterocycles. The molecule has 0 radical (unpaired) electrons. The molecule has 27 heavy (non-hydrogen) atoms. The predicted molar refractivity (Wildman–Crippen MR) is 89.3 cm³/mol. The van der Waals surface area contributed by atoms with Crippen molar-refractivity contribution >= 4 is 23.5 Å². The van der Waals surface area contributed by atoms with E-state index in [2.05, 4.69) is 5.32 Å². The third kappa shape index (κ3) is 6.14. The van der Waals surface area contributed by atoms with Crippen LogP contribution in [0.4, 0.5) is 18.9 Å². The molecule has 0 saturated carbocycles. The predicted octanol–water partition coefficient (Wildman–Crippen LogP) is 2.36. The van der Waals surface area contributed by atoms with E-state index in [4.69, 9.17) is 4.74 Å². The van der Waals surface area contributed by atoms with Crippen molar-refractivity contribution in [2.75, 3.05) is 25.5 Å². The van der Waals surface area contributed by atoms with Crippen LogP contribution >= 0.6 is 0 Å². The van der Waals surface area contributed by atoms with Crippen molar-refractivity contribution in [2.45, 2.75) is 0 Å². The van der Waals surface area contributed by atoms with E-state index >= 15 is 0 Å². The number of nitrogens with one attached hydrogen (secondary N) is 1. The van der Waals surface area contributed by atoms with Crippen LogP contribution < -0.4 is 5.32 Å². The van der Waals surface area contributed by atoms with Crippen molar-refractivity contribution in [3.8, 4) is 0 Å². The van der Waals surface area contributed by atoms with Gasteiger partial charge in [0.15, 0.2) is 6.61 Å². The largest absolute Gasteiger partial charge is 0.452 e. The minimum Gasteiger partial charge on any atom is -0.452 e. The number of amides is 2. The van der Waals surface area contributed by atoms with Gasteiger partial charge in [0.25, 0.3) is 5.91 Å². The summed E-state index contributed by atoms with van der Waals surface area (Å²) in [5.74, 6) is -4.69.